The highest BCUT2D eigenvalue weighted by Crippen LogP contribution is 2.30. The zero-order valence-corrected chi connectivity index (χ0v) is 18.9. The minimum Gasteiger partial charge on any atom is -0.357 e. The van der Waals surface area contributed by atoms with Gasteiger partial charge in [-0.15, -0.1) is 35.3 Å². The molecule has 28 heavy (non-hydrogen) atoms. The van der Waals surface area contributed by atoms with Gasteiger partial charge in [-0.25, -0.2) is 9.98 Å². The number of carbonyl (C=O) groups is 1. The zero-order chi connectivity index (χ0) is 19.7. The largest absolute Gasteiger partial charge is 0.434 e. The molecule has 1 aliphatic rings. The van der Waals surface area contributed by atoms with Gasteiger partial charge >= 0.3 is 6.18 Å². The summed E-state index contributed by atoms with van der Waals surface area (Å²) < 4.78 is 37.7. The number of hydrogen-bond acceptors (Lipinski definition) is 4. The van der Waals surface area contributed by atoms with Crippen LogP contribution in [0.15, 0.2) is 10.4 Å². The van der Waals surface area contributed by atoms with E-state index in [2.05, 4.69) is 25.9 Å². The molecule has 6 nitrogen and oxygen atoms in total. The van der Waals surface area contributed by atoms with Crippen molar-refractivity contribution in [1.29, 1.82) is 0 Å². The number of amides is 1. The number of aliphatic imine (C=N–C) groups is 1. The van der Waals surface area contributed by atoms with E-state index in [0.29, 0.717) is 30.6 Å². The molecule has 1 fully saturated rings. The van der Waals surface area contributed by atoms with Crippen LogP contribution in [0.3, 0.4) is 0 Å². The van der Waals surface area contributed by atoms with Crippen molar-refractivity contribution >= 4 is 47.2 Å². The first-order valence-electron chi connectivity index (χ1n) is 9.21. The van der Waals surface area contributed by atoms with Gasteiger partial charge in [-0.2, -0.15) is 13.2 Å². The van der Waals surface area contributed by atoms with Crippen LogP contribution in [-0.2, 0) is 17.5 Å². The summed E-state index contributed by atoms with van der Waals surface area (Å²) in [7, 11) is 0. The Hall–Kier alpha value is -1.11. The third-order valence-corrected chi connectivity index (χ3v) is 5.09. The molecule has 2 rings (SSSR count). The molecular formula is C17H27F3IN5OS. The molecule has 11 heteroatoms. The monoisotopic (exact) mass is 533 g/mol. The fourth-order valence-corrected chi connectivity index (χ4v) is 3.60. The van der Waals surface area contributed by atoms with Gasteiger partial charge in [0.2, 0.25) is 5.91 Å². The minimum absolute atomic E-state index is 0. The molecular weight excluding hydrogens is 506 g/mol. The summed E-state index contributed by atoms with van der Waals surface area (Å²) in [5.41, 5.74) is -0.888. The Morgan fingerprint density at radius 3 is 2.50 bits per heavy atom. The summed E-state index contributed by atoms with van der Waals surface area (Å²) >= 11 is 0.934. The zero-order valence-electron chi connectivity index (χ0n) is 15.8. The van der Waals surface area contributed by atoms with E-state index in [4.69, 9.17) is 0 Å². The molecule has 0 saturated heterocycles. The number of alkyl halides is 3. The van der Waals surface area contributed by atoms with Gasteiger partial charge in [0, 0.05) is 30.9 Å². The lowest BCUT2D eigenvalue weighted by molar-refractivity contribution is -0.140. The maximum Gasteiger partial charge on any atom is 0.434 e. The molecule has 1 saturated carbocycles. The number of carbonyl (C=O) groups excluding carboxylic acids is 1. The van der Waals surface area contributed by atoms with Crippen LogP contribution in [0.2, 0.25) is 0 Å². The van der Waals surface area contributed by atoms with Crippen molar-refractivity contribution in [3.63, 3.8) is 0 Å². The van der Waals surface area contributed by atoms with Crippen molar-refractivity contribution in [2.24, 2.45) is 10.9 Å². The normalized spacial score (nSPS) is 15.6. The van der Waals surface area contributed by atoms with Gasteiger partial charge < -0.3 is 16.0 Å². The van der Waals surface area contributed by atoms with Crippen molar-refractivity contribution in [2.75, 3.05) is 19.6 Å². The Kier molecular flexibility index (Phi) is 11.1. The molecule has 1 aromatic rings. The third kappa shape index (κ3) is 8.50. The average molecular weight is 533 g/mol. The van der Waals surface area contributed by atoms with Crippen LogP contribution in [-0.4, -0.2) is 36.5 Å². The molecule has 0 aliphatic heterocycles. The molecule has 1 aromatic heterocycles. The fraction of sp³-hybridized carbons (Fsp3) is 0.706. The average Bonchev–Trinajstić information content (AvgIpc) is 3.13. The van der Waals surface area contributed by atoms with Gasteiger partial charge in [0.1, 0.15) is 5.01 Å². The Balaban J connectivity index is 0.00000392. The molecule has 1 aliphatic carbocycles. The summed E-state index contributed by atoms with van der Waals surface area (Å²) in [6, 6.07) is 0. The Labute approximate surface area is 184 Å². The molecule has 0 aromatic carbocycles. The lowest BCUT2D eigenvalue weighted by Gasteiger charge is -2.20. The van der Waals surface area contributed by atoms with Gasteiger partial charge in [-0.1, -0.05) is 19.3 Å². The molecule has 1 amide bonds. The highest BCUT2D eigenvalue weighted by atomic mass is 127. The number of hydrogen-bond donors (Lipinski definition) is 3. The van der Waals surface area contributed by atoms with Crippen molar-refractivity contribution in [1.82, 2.24) is 20.9 Å². The van der Waals surface area contributed by atoms with Crippen LogP contribution in [0.25, 0.3) is 0 Å². The summed E-state index contributed by atoms with van der Waals surface area (Å²) in [5.74, 6) is 0.697. The van der Waals surface area contributed by atoms with Gasteiger partial charge in [0.15, 0.2) is 11.7 Å². The second-order valence-corrected chi connectivity index (χ2v) is 7.31. The second kappa shape index (κ2) is 12.5. The van der Waals surface area contributed by atoms with E-state index in [1.807, 2.05) is 6.92 Å². The molecule has 0 radical (unpaired) electrons. The van der Waals surface area contributed by atoms with E-state index in [0.717, 1.165) is 42.4 Å². The number of halogens is 4. The van der Waals surface area contributed by atoms with E-state index in [9.17, 15) is 18.0 Å². The van der Waals surface area contributed by atoms with Gasteiger partial charge in [0.05, 0.1) is 6.54 Å². The quantitative estimate of drug-likeness (QED) is 0.217. The molecule has 0 spiro atoms. The summed E-state index contributed by atoms with van der Waals surface area (Å²) in [6.07, 6.45) is 0.907. The van der Waals surface area contributed by atoms with Crippen molar-refractivity contribution in [3.8, 4) is 0 Å². The van der Waals surface area contributed by atoms with Gasteiger partial charge in [0.25, 0.3) is 0 Å². The fourth-order valence-electron chi connectivity index (χ4n) is 2.88. The van der Waals surface area contributed by atoms with E-state index >= 15 is 0 Å². The number of rotatable bonds is 7. The molecule has 0 atom stereocenters. The molecule has 0 unspecified atom stereocenters. The van der Waals surface area contributed by atoms with Crippen LogP contribution in [0.4, 0.5) is 13.2 Å². The van der Waals surface area contributed by atoms with Crippen LogP contribution in [0.1, 0.15) is 49.7 Å². The van der Waals surface area contributed by atoms with E-state index in [1.54, 1.807) is 0 Å². The van der Waals surface area contributed by atoms with E-state index in [1.165, 1.54) is 6.42 Å². The minimum atomic E-state index is -4.43. The highest BCUT2D eigenvalue weighted by molar-refractivity contribution is 14.0. The highest BCUT2D eigenvalue weighted by Gasteiger charge is 2.33. The van der Waals surface area contributed by atoms with Crippen LogP contribution < -0.4 is 16.0 Å². The topological polar surface area (TPSA) is 78.4 Å². The maximum atomic E-state index is 12.6. The number of nitrogens with one attached hydrogen (secondary N) is 3. The molecule has 1 heterocycles. The van der Waals surface area contributed by atoms with Crippen molar-refractivity contribution in [3.05, 3.63) is 16.1 Å². The number of aromatic nitrogens is 1. The first kappa shape index (κ1) is 24.9. The number of thiazole rings is 1. The van der Waals surface area contributed by atoms with Crippen LogP contribution in [0.5, 0.6) is 0 Å². The molecule has 160 valence electrons. The second-order valence-electron chi connectivity index (χ2n) is 6.37. The number of guanidine groups is 1. The Morgan fingerprint density at radius 2 is 1.89 bits per heavy atom. The summed E-state index contributed by atoms with van der Waals surface area (Å²) in [6.45, 7) is 3.52. The Bertz CT molecular complexity index is 633. The first-order valence-corrected chi connectivity index (χ1v) is 10.1. The summed E-state index contributed by atoms with van der Waals surface area (Å²) in [5, 5.41) is 10.3. The maximum absolute atomic E-state index is 12.6. The number of nitrogens with zero attached hydrogens (tertiary/aromatic N) is 2. The van der Waals surface area contributed by atoms with Crippen molar-refractivity contribution in [2.45, 2.75) is 51.7 Å². The lowest BCUT2D eigenvalue weighted by Crippen LogP contribution is -2.42. The van der Waals surface area contributed by atoms with Gasteiger partial charge in [-0.3, -0.25) is 4.79 Å². The van der Waals surface area contributed by atoms with Crippen LogP contribution in [0, 0.1) is 5.92 Å². The lowest BCUT2D eigenvalue weighted by atomic mass is 9.89. The smallest absolute Gasteiger partial charge is 0.357 e. The summed E-state index contributed by atoms with van der Waals surface area (Å²) in [4.78, 5) is 19.9. The van der Waals surface area contributed by atoms with E-state index < -0.39 is 11.9 Å². The van der Waals surface area contributed by atoms with Crippen molar-refractivity contribution < 1.29 is 18.0 Å². The first-order chi connectivity index (χ1) is 12.9. The van der Waals surface area contributed by atoms with Crippen LogP contribution >= 0.6 is 35.3 Å². The molecule has 0 bridgehead atoms. The predicted octanol–water partition coefficient (Wildman–Crippen LogP) is 3.53. The third-order valence-electron chi connectivity index (χ3n) is 4.25. The SMILES string of the molecule is CCNC(=NCc1nc(C(F)(F)F)cs1)NCCNC(=O)C1CCCCC1.I. The van der Waals surface area contributed by atoms with Gasteiger partial charge in [-0.05, 0) is 19.8 Å². The molecule has 3 N–H and O–H groups in total. The predicted molar refractivity (Wildman–Crippen MR) is 115 cm³/mol. The van der Waals surface area contributed by atoms with E-state index in [-0.39, 0.29) is 42.3 Å². The standard InChI is InChI=1S/C17H26F3N5OS.HI/c1-2-21-16(24-10-14-25-13(11-27-14)17(18,19)20)23-9-8-22-15(26)12-6-4-3-5-7-12;/h11-12H,2-10H2,1H3,(H,22,26)(H2,21,23,24);1H. The Morgan fingerprint density at radius 1 is 1.21 bits per heavy atom.